The van der Waals surface area contributed by atoms with Crippen molar-refractivity contribution in [3.05, 3.63) is 0 Å². The molecule has 0 bridgehead atoms. The lowest BCUT2D eigenvalue weighted by Gasteiger charge is -2.25. The number of rotatable bonds is 6. The van der Waals surface area contributed by atoms with Crippen molar-refractivity contribution in [3.8, 4) is 0 Å². The summed E-state index contributed by atoms with van der Waals surface area (Å²) >= 11 is 0. The predicted octanol–water partition coefficient (Wildman–Crippen LogP) is 2.00. The molecular formula is C14H30N2O. The smallest absolute Gasteiger partial charge is 0.0445 e. The fraction of sp³-hybridized carbons (Fsp3) is 1.00. The maximum atomic E-state index is 9.02. The minimum Gasteiger partial charge on any atom is -0.396 e. The van der Waals surface area contributed by atoms with E-state index in [1.807, 2.05) is 0 Å². The normalized spacial score (nSPS) is 24.9. The third kappa shape index (κ3) is 5.36. The summed E-state index contributed by atoms with van der Waals surface area (Å²) in [5.74, 6) is 0. The molecule has 0 aromatic carbocycles. The molecule has 0 saturated carbocycles. The molecule has 0 aromatic heterocycles. The van der Waals surface area contributed by atoms with Crippen LogP contribution in [-0.4, -0.2) is 47.8 Å². The number of hydrogen-bond acceptors (Lipinski definition) is 3. The molecule has 3 nitrogen and oxygen atoms in total. The van der Waals surface area contributed by atoms with Gasteiger partial charge in [0.05, 0.1) is 0 Å². The van der Waals surface area contributed by atoms with Crippen LogP contribution in [0.2, 0.25) is 0 Å². The lowest BCUT2D eigenvalue weighted by molar-refractivity contribution is 0.225. The van der Waals surface area contributed by atoms with Crippen molar-refractivity contribution in [2.45, 2.75) is 71.0 Å². The van der Waals surface area contributed by atoms with E-state index in [1.165, 1.54) is 32.4 Å². The van der Waals surface area contributed by atoms with Crippen molar-refractivity contribution >= 4 is 0 Å². The number of nitrogens with zero attached hydrogens (tertiary/aromatic N) is 1. The fourth-order valence-electron chi connectivity index (χ4n) is 2.70. The topological polar surface area (TPSA) is 35.5 Å². The minimum absolute atomic E-state index is 0.302. The van der Waals surface area contributed by atoms with Gasteiger partial charge in [0.15, 0.2) is 0 Å². The average molecular weight is 242 g/mol. The third-order valence-electron chi connectivity index (χ3n) is 3.93. The van der Waals surface area contributed by atoms with Gasteiger partial charge < -0.3 is 15.3 Å². The average Bonchev–Trinajstić information content (AvgIpc) is 2.54. The Kier molecular flexibility index (Phi) is 7.09. The van der Waals surface area contributed by atoms with Crippen LogP contribution in [0.5, 0.6) is 0 Å². The predicted molar refractivity (Wildman–Crippen MR) is 73.3 cm³/mol. The quantitative estimate of drug-likeness (QED) is 0.748. The van der Waals surface area contributed by atoms with Gasteiger partial charge in [-0.05, 0) is 59.0 Å². The van der Waals surface area contributed by atoms with Crippen LogP contribution in [0.4, 0.5) is 0 Å². The van der Waals surface area contributed by atoms with Crippen molar-refractivity contribution in [2.24, 2.45) is 0 Å². The van der Waals surface area contributed by atoms with Crippen LogP contribution in [0.25, 0.3) is 0 Å². The van der Waals surface area contributed by atoms with Gasteiger partial charge in [0.2, 0.25) is 0 Å². The van der Waals surface area contributed by atoms with E-state index in [1.54, 1.807) is 0 Å². The zero-order valence-corrected chi connectivity index (χ0v) is 11.8. The summed E-state index contributed by atoms with van der Waals surface area (Å²) in [7, 11) is 0. The third-order valence-corrected chi connectivity index (χ3v) is 3.93. The van der Waals surface area contributed by atoms with Crippen LogP contribution in [-0.2, 0) is 0 Å². The first-order chi connectivity index (χ1) is 8.17. The molecule has 0 radical (unpaired) electrons. The van der Waals surface area contributed by atoms with Crippen LogP contribution in [0.1, 0.15) is 52.9 Å². The summed E-state index contributed by atoms with van der Waals surface area (Å²) in [6, 6.07) is 1.82. The summed E-state index contributed by atoms with van der Waals surface area (Å²) in [6.07, 6.45) is 5.84. The molecule has 0 aromatic rings. The Bertz CT molecular complexity index is 197. The molecule has 1 aliphatic heterocycles. The van der Waals surface area contributed by atoms with Crippen molar-refractivity contribution in [3.63, 3.8) is 0 Å². The lowest BCUT2D eigenvalue weighted by Crippen LogP contribution is -2.39. The molecule has 1 aliphatic rings. The van der Waals surface area contributed by atoms with Gasteiger partial charge in [-0.1, -0.05) is 6.92 Å². The van der Waals surface area contributed by atoms with Gasteiger partial charge in [-0.25, -0.2) is 0 Å². The Hall–Kier alpha value is -0.120. The molecule has 1 saturated heterocycles. The van der Waals surface area contributed by atoms with Crippen molar-refractivity contribution in [1.29, 1.82) is 0 Å². The van der Waals surface area contributed by atoms with Crippen LogP contribution >= 0.6 is 0 Å². The maximum Gasteiger partial charge on any atom is 0.0445 e. The zero-order chi connectivity index (χ0) is 12.7. The SMILES string of the molecule is CCC(CCO)NC1CCCN(C(C)C)CC1. The molecule has 2 N–H and O–H groups in total. The fourth-order valence-corrected chi connectivity index (χ4v) is 2.70. The molecule has 17 heavy (non-hydrogen) atoms. The molecule has 0 amide bonds. The first-order valence-corrected chi connectivity index (χ1v) is 7.28. The molecule has 0 aliphatic carbocycles. The largest absolute Gasteiger partial charge is 0.396 e. The molecule has 102 valence electrons. The minimum atomic E-state index is 0.302. The first-order valence-electron chi connectivity index (χ1n) is 7.28. The van der Waals surface area contributed by atoms with E-state index < -0.39 is 0 Å². The molecule has 3 heteroatoms. The highest BCUT2D eigenvalue weighted by atomic mass is 16.3. The van der Waals surface area contributed by atoms with Crippen molar-refractivity contribution < 1.29 is 5.11 Å². The van der Waals surface area contributed by atoms with Gasteiger partial charge >= 0.3 is 0 Å². The maximum absolute atomic E-state index is 9.02. The van der Waals surface area contributed by atoms with Gasteiger partial charge in [-0.3, -0.25) is 0 Å². The Morgan fingerprint density at radius 3 is 2.65 bits per heavy atom. The molecular weight excluding hydrogens is 212 g/mol. The van der Waals surface area contributed by atoms with E-state index in [9.17, 15) is 0 Å². The van der Waals surface area contributed by atoms with Gasteiger partial charge in [0, 0.05) is 24.7 Å². The number of likely N-dealkylation sites (tertiary alicyclic amines) is 1. The van der Waals surface area contributed by atoms with Crippen molar-refractivity contribution in [1.82, 2.24) is 10.2 Å². The van der Waals surface area contributed by atoms with E-state index in [0.29, 0.717) is 24.7 Å². The standard InChI is InChI=1S/C14H30N2O/c1-4-13(8-11-17)15-14-6-5-9-16(10-7-14)12(2)3/h12-15,17H,4-11H2,1-3H3. The highest BCUT2D eigenvalue weighted by molar-refractivity contribution is 4.79. The summed E-state index contributed by atoms with van der Waals surface area (Å²) in [6.45, 7) is 9.53. The van der Waals surface area contributed by atoms with E-state index in [4.69, 9.17) is 5.11 Å². The second-order valence-corrected chi connectivity index (χ2v) is 5.54. The highest BCUT2D eigenvalue weighted by Gasteiger charge is 2.20. The number of hydrogen-bond donors (Lipinski definition) is 2. The van der Waals surface area contributed by atoms with E-state index >= 15 is 0 Å². The Morgan fingerprint density at radius 1 is 1.29 bits per heavy atom. The second-order valence-electron chi connectivity index (χ2n) is 5.54. The summed E-state index contributed by atoms with van der Waals surface area (Å²) in [5, 5.41) is 12.7. The molecule has 1 heterocycles. The van der Waals surface area contributed by atoms with Gasteiger partial charge in [-0.15, -0.1) is 0 Å². The van der Waals surface area contributed by atoms with Crippen LogP contribution in [0.3, 0.4) is 0 Å². The Labute approximate surface area is 107 Å². The van der Waals surface area contributed by atoms with Crippen LogP contribution in [0.15, 0.2) is 0 Å². The van der Waals surface area contributed by atoms with Gasteiger partial charge in [0.25, 0.3) is 0 Å². The monoisotopic (exact) mass is 242 g/mol. The van der Waals surface area contributed by atoms with Gasteiger partial charge in [0.1, 0.15) is 0 Å². The molecule has 2 unspecified atom stereocenters. The van der Waals surface area contributed by atoms with E-state index in [-0.39, 0.29) is 0 Å². The van der Waals surface area contributed by atoms with Crippen molar-refractivity contribution in [2.75, 3.05) is 19.7 Å². The zero-order valence-electron chi connectivity index (χ0n) is 11.8. The molecule has 2 atom stereocenters. The highest BCUT2D eigenvalue weighted by Crippen LogP contribution is 2.14. The summed E-state index contributed by atoms with van der Waals surface area (Å²) < 4.78 is 0. The van der Waals surface area contributed by atoms with E-state index in [2.05, 4.69) is 31.0 Å². The Balaban J connectivity index is 2.35. The number of aliphatic hydroxyl groups excluding tert-OH is 1. The van der Waals surface area contributed by atoms with E-state index in [0.717, 1.165) is 12.8 Å². The molecule has 1 rings (SSSR count). The Morgan fingerprint density at radius 2 is 2.06 bits per heavy atom. The number of aliphatic hydroxyl groups is 1. The summed E-state index contributed by atoms with van der Waals surface area (Å²) in [5.41, 5.74) is 0. The molecule has 1 fully saturated rings. The first kappa shape index (κ1) is 14.9. The van der Waals surface area contributed by atoms with Gasteiger partial charge in [-0.2, -0.15) is 0 Å². The lowest BCUT2D eigenvalue weighted by atomic mass is 10.1. The second kappa shape index (κ2) is 8.06. The molecule has 0 spiro atoms. The van der Waals surface area contributed by atoms with Crippen LogP contribution < -0.4 is 5.32 Å². The summed E-state index contributed by atoms with van der Waals surface area (Å²) in [4.78, 5) is 2.58. The number of nitrogens with one attached hydrogen (secondary N) is 1. The van der Waals surface area contributed by atoms with Crippen LogP contribution in [0, 0.1) is 0 Å².